The summed E-state index contributed by atoms with van der Waals surface area (Å²) in [5, 5.41) is 12.1. The van der Waals surface area contributed by atoms with Crippen LogP contribution in [0.15, 0.2) is 18.2 Å². The molecule has 0 radical (unpaired) electrons. The second-order valence-corrected chi connectivity index (χ2v) is 4.90. The number of halogens is 1. The van der Waals surface area contributed by atoms with Crippen molar-refractivity contribution in [2.75, 3.05) is 6.54 Å². The number of benzene rings is 1. The van der Waals surface area contributed by atoms with Crippen LogP contribution in [0.25, 0.3) is 0 Å². The van der Waals surface area contributed by atoms with Gasteiger partial charge in [-0.25, -0.2) is 0 Å². The number of carbonyl (C=O) groups excluding carboxylic acids is 1. The number of hydrogen-bond donors (Lipinski definition) is 2. The van der Waals surface area contributed by atoms with Crippen molar-refractivity contribution in [2.24, 2.45) is 5.92 Å². The fraction of sp³-hybridized carbons (Fsp3) is 0.429. The van der Waals surface area contributed by atoms with Crippen molar-refractivity contribution in [2.45, 2.75) is 26.7 Å². The molecular formula is C14H18ClNO3. The van der Waals surface area contributed by atoms with E-state index in [1.165, 1.54) is 0 Å². The molecule has 0 aliphatic carbocycles. The van der Waals surface area contributed by atoms with Crippen molar-refractivity contribution in [1.29, 1.82) is 0 Å². The van der Waals surface area contributed by atoms with Crippen LogP contribution < -0.4 is 5.32 Å². The zero-order valence-corrected chi connectivity index (χ0v) is 11.8. The van der Waals surface area contributed by atoms with Crippen LogP contribution in [-0.2, 0) is 4.79 Å². The monoisotopic (exact) mass is 283 g/mol. The first-order valence-electron chi connectivity index (χ1n) is 6.20. The molecule has 1 aromatic rings. The summed E-state index contributed by atoms with van der Waals surface area (Å²) in [5.74, 6) is -1.12. The van der Waals surface area contributed by atoms with E-state index >= 15 is 0 Å². The molecule has 0 heterocycles. The fourth-order valence-electron chi connectivity index (χ4n) is 1.79. The number of rotatable bonds is 6. The molecule has 1 aromatic carbocycles. The van der Waals surface area contributed by atoms with Crippen LogP contribution in [0.4, 0.5) is 0 Å². The van der Waals surface area contributed by atoms with Crippen molar-refractivity contribution in [3.63, 3.8) is 0 Å². The summed E-state index contributed by atoms with van der Waals surface area (Å²) in [5.41, 5.74) is 1.26. The number of amides is 1. The molecule has 0 aliphatic heterocycles. The second kappa shape index (κ2) is 7.14. The van der Waals surface area contributed by atoms with Crippen molar-refractivity contribution < 1.29 is 14.7 Å². The molecular weight excluding hydrogens is 266 g/mol. The molecule has 2 N–H and O–H groups in total. The molecule has 0 spiro atoms. The van der Waals surface area contributed by atoms with E-state index in [2.05, 4.69) is 5.32 Å². The van der Waals surface area contributed by atoms with Crippen LogP contribution in [0.3, 0.4) is 0 Å². The second-order valence-electron chi connectivity index (χ2n) is 4.49. The Morgan fingerprint density at radius 3 is 2.68 bits per heavy atom. The zero-order chi connectivity index (χ0) is 14.4. The molecule has 1 amide bonds. The third-order valence-corrected chi connectivity index (χ3v) is 3.51. The van der Waals surface area contributed by atoms with Crippen molar-refractivity contribution in [3.05, 3.63) is 34.3 Å². The van der Waals surface area contributed by atoms with E-state index in [1.54, 1.807) is 25.1 Å². The Morgan fingerprint density at radius 2 is 2.11 bits per heavy atom. The van der Waals surface area contributed by atoms with Gasteiger partial charge in [0.05, 0.1) is 0 Å². The van der Waals surface area contributed by atoms with E-state index in [0.29, 0.717) is 23.6 Å². The lowest BCUT2D eigenvalue weighted by Gasteiger charge is -2.14. The normalized spacial score (nSPS) is 11.9. The average molecular weight is 284 g/mol. The van der Waals surface area contributed by atoms with Crippen molar-refractivity contribution in [3.8, 4) is 0 Å². The van der Waals surface area contributed by atoms with Gasteiger partial charge in [0.15, 0.2) is 0 Å². The van der Waals surface area contributed by atoms with Gasteiger partial charge < -0.3 is 10.4 Å². The van der Waals surface area contributed by atoms with Crippen molar-refractivity contribution >= 4 is 23.5 Å². The van der Waals surface area contributed by atoms with Gasteiger partial charge in [0.2, 0.25) is 0 Å². The van der Waals surface area contributed by atoms with E-state index in [-0.39, 0.29) is 18.2 Å². The highest BCUT2D eigenvalue weighted by Crippen LogP contribution is 2.18. The van der Waals surface area contributed by atoms with Gasteiger partial charge in [0.25, 0.3) is 5.91 Å². The highest BCUT2D eigenvalue weighted by atomic mass is 35.5. The molecule has 0 bridgehead atoms. The molecule has 0 fully saturated rings. The summed E-state index contributed by atoms with van der Waals surface area (Å²) in [6.45, 7) is 4.05. The van der Waals surface area contributed by atoms with E-state index in [9.17, 15) is 9.59 Å². The van der Waals surface area contributed by atoms with Gasteiger partial charge in [-0.3, -0.25) is 9.59 Å². The van der Waals surface area contributed by atoms with E-state index in [4.69, 9.17) is 16.7 Å². The molecule has 5 heteroatoms. The van der Waals surface area contributed by atoms with Crippen molar-refractivity contribution in [1.82, 2.24) is 5.32 Å². The van der Waals surface area contributed by atoms with Gasteiger partial charge in [0.1, 0.15) is 0 Å². The van der Waals surface area contributed by atoms with Gasteiger partial charge in [0, 0.05) is 23.6 Å². The van der Waals surface area contributed by atoms with Gasteiger partial charge >= 0.3 is 5.97 Å². The SMILES string of the molecule is CCC(CNC(=O)c1cccc(Cl)c1C)CC(=O)O. The summed E-state index contributed by atoms with van der Waals surface area (Å²) in [7, 11) is 0. The Kier molecular flexibility index (Phi) is 5.83. The number of aliphatic carboxylic acids is 1. The Labute approximate surface area is 117 Å². The Hall–Kier alpha value is -1.55. The molecule has 104 valence electrons. The quantitative estimate of drug-likeness (QED) is 0.843. The predicted molar refractivity (Wildman–Crippen MR) is 74.6 cm³/mol. The van der Waals surface area contributed by atoms with Crippen LogP contribution in [-0.4, -0.2) is 23.5 Å². The van der Waals surface area contributed by atoms with Crippen LogP contribution in [0.2, 0.25) is 5.02 Å². The highest BCUT2D eigenvalue weighted by Gasteiger charge is 2.15. The van der Waals surface area contributed by atoms with E-state index < -0.39 is 5.97 Å². The number of hydrogen-bond acceptors (Lipinski definition) is 2. The summed E-state index contributed by atoms with van der Waals surface area (Å²) < 4.78 is 0. The topological polar surface area (TPSA) is 66.4 Å². The van der Waals surface area contributed by atoms with Gasteiger partial charge in [-0.05, 0) is 30.5 Å². The summed E-state index contributed by atoms with van der Waals surface area (Å²) in [6.07, 6.45) is 0.770. The smallest absolute Gasteiger partial charge is 0.303 e. The minimum absolute atomic E-state index is 0.0547. The molecule has 1 rings (SSSR count). The number of carboxylic acids is 1. The lowest BCUT2D eigenvalue weighted by molar-refractivity contribution is -0.138. The standard InChI is InChI=1S/C14H18ClNO3/c1-3-10(7-13(17)18)8-16-14(19)11-5-4-6-12(15)9(11)2/h4-6,10H,3,7-8H2,1-2H3,(H,16,19)(H,17,18). The first-order valence-corrected chi connectivity index (χ1v) is 6.58. The van der Waals surface area contributed by atoms with Crippen LogP contribution in [0.5, 0.6) is 0 Å². The Balaban J connectivity index is 2.64. The lowest BCUT2D eigenvalue weighted by atomic mass is 10.0. The van der Waals surface area contributed by atoms with Gasteiger partial charge in [-0.2, -0.15) is 0 Å². The summed E-state index contributed by atoms with van der Waals surface area (Å²) >= 11 is 5.96. The molecule has 19 heavy (non-hydrogen) atoms. The summed E-state index contributed by atoms with van der Waals surface area (Å²) in [4.78, 5) is 22.7. The van der Waals surface area contributed by atoms with E-state index in [1.807, 2.05) is 6.92 Å². The average Bonchev–Trinajstić information content (AvgIpc) is 2.37. The maximum atomic E-state index is 12.0. The third-order valence-electron chi connectivity index (χ3n) is 3.10. The van der Waals surface area contributed by atoms with Crippen LogP contribution in [0.1, 0.15) is 35.7 Å². The van der Waals surface area contributed by atoms with Crippen LogP contribution >= 0.6 is 11.6 Å². The molecule has 0 aliphatic rings. The molecule has 0 saturated heterocycles. The maximum Gasteiger partial charge on any atom is 0.303 e. The minimum Gasteiger partial charge on any atom is -0.481 e. The highest BCUT2D eigenvalue weighted by molar-refractivity contribution is 6.31. The lowest BCUT2D eigenvalue weighted by Crippen LogP contribution is -2.30. The first-order chi connectivity index (χ1) is 8.95. The predicted octanol–water partition coefficient (Wildman–Crippen LogP) is 2.88. The number of carbonyl (C=O) groups is 2. The Morgan fingerprint density at radius 1 is 1.42 bits per heavy atom. The third kappa shape index (κ3) is 4.56. The number of nitrogens with one attached hydrogen (secondary N) is 1. The summed E-state index contributed by atoms with van der Waals surface area (Å²) in [6, 6.07) is 5.15. The molecule has 1 atom stereocenters. The first kappa shape index (κ1) is 15.5. The van der Waals surface area contributed by atoms with Gasteiger partial charge in [-0.15, -0.1) is 0 Å². The van der Waals surface area contributed by atoms with Crippen LogP contribution in [0, 0.1) is 12.8 Å². The fourth-order valence-corrected chi connectivity index (χ4v) is 1.97. The largest absolute Gasteiger partial charge is 0.481 e. The zero-order valence-electron chi connectivity index (χ0n) is 11.1. The molecule has 0 aromatic heterocycles. The number of carboxylic acid groups (broad SMARTS) is 1. The van der Waals surface area contributed by atoms with Gasteiger partial charge in [-0.1, -0.05) is 31.0 Å². The van der Waals surface area contributed by atoms with E-state index in [0.717, 1.165) is 5.56 Å². The molecule has 4 nitrogen and oxygen atoms in total. The minimum atomic E-state index is -0.847. The maximum absolute atomic E-state index is 12.0. The Bertz CT molecular complexity index is 474. The molecule has 0 saturated carbocycles. The molecule has 1 unspecified atom stereocenters.